The lowest BCUT2D eigenvalue weighted by Crippen LogP contribution is -2.08. The van der Waals surface area contributed by atoms with Gasteiger partial charge in [-0.2, -0.15) is 4.98 Å². The van der Waals surface area contributed by atoms with Crippen LogP contribution < -0.4 is 0 Å². The van der Waals surface area contributed by atoms with Crippen LogP contribution in [0.25, 0.3) is 10.8 Å². The van der Waals surface area contributed by atoms with E-state index in [4.69, 9.17) is 4.52 Å². The Morgan fingerprint density at radius 1 is 1.30 bits per heavy atom. The van der Waals surface area contributed by atoms with Crippen LogP contribution in [0.3, 0.4) is 0 Å². The fraction of sp³-hybridized carbons (Fsp3) is 0.312. The molecule has 0 saturated carbocycles. The minimum absolute atomic E-state index is 0.0247. The minimum Gasteiger partial charge on any atom is -0.333 e. The van der Waals surface area contributed by atoms with Gasteiger partial charge in [-0.05, 0) is 18.9 Å². The number of hydrogen-bond acceptors (Lipinski definition) is 6. The van der Waals surface area contributed by atoms with E-state index in [1.54, 1.807) is 5.51 Å². The second-order valence-corrected chi connectivity index (χ2v) is 7.59. The van der Waals surface area contributed by atoms with Gasteiger partial charge < -0.3 is 4.52 Å². The van der Waals surface area contributed by atoms with E-state index in [9.17, 15) is 4.21 Å². The number of thiazole rings is 1. The number of benzene rings is 1. The maximum atomic E-state index is 12.7. The molecule has 3 rings (SSSR count). The molecule has 0 aliphatic heterocycles. The molecule has 0 spiro atoms. The topological polar surface area (TPSA) is 68.9 Å². The number of nitrogens with zero attached hydrogens (tertiary/aromatic N) is 3. The monoisotopic (exact) mass is 347 g/mol. The highest BCUT2D eigenvalue weighted by atomic mass is 32.2. The van der Waals surface area contributed by atoms with Gasteiger partial charge in [0.25, 0.3) is 5.89 Å². The molecule has 0 saturated heterocycles. The zero-order valence-corrected chi connectivity index (χ0v) is 14.6. The molecule has 0 fully saturated rings. The quantitative estimate of drug-likeness (QED) is 0.676. The predicted octanol–water partition coefficient (Wildman–Crippen LogP) is 3.90. The average Bonchev–Trinajstić information content (AvgIpc) is 3.18. The third-order valence-electron chi connectivity index (χ3n) is 3.54. The molecule has 23 heavy (non-hydrogen) atoms. The first kappa shape index (κ1) is 16.0. The molecule has 0 amide bonds. The van der Waals surface area contributed by atoms with Crippen LogP contribution in [-0.4, -0.2) is 19.3 Å². The van der Waals surface area contributed by atoms with Gasteiger partial charge in [-0.15, -0.1) is 11.3 Å². The summed E-state index contributed by atoms with van der Waals surface area (Å²) in [5, 5.41) is 3.94. The smallest absolute Gasteiger partial charge is 0.269 e. The van der Waals surface area contributed by atoms with E-state index < -0.39 is 10.8 Å². The molecule has 0 aliphatic rings. The molecule has 0 radical (unpaired) electrons. The zero-order valence-electron chi connectivity index (χ0n) is 12.9. The van der Waals surface area contributed by atoms with Crippen molar-refractivity contribution in [1.82, 2.24) is 15.1 Å². The van der Waals surface area contributed by atoms with Crippen LogP contribution in [-0.2, 0) is 16.6 Å². The molecule has 0 bridgehead atoms. The van der Waals surface area contributed by atoms with E-state index in [0.29, 0.717) is 11.7 Å². The SMILES string of the molecule is CCC(c1ccccc1)S(=O)Cc1noc(-c2scnc2C)n1. The molecule has 2 atom stereocenters. The Morgan fingerprint density at radius 3 is 2.74 bits per heavy atom. The zero-order chi connectivity index (χ0) is 16.2. The van der Waals surface area contributed by atoms with Crippen molar-refractivity contribution in [1.29, 1.82) is 0 Å². The first-order chi connectivity index (χ1) is 11.2. The highest BCUT2D eigenvalue weighted by molar-refractivity contribution is 7.84. The van der Waals surface area contributed by atoms with E-state index in [1.165, 1.54) is 11.3 Å². The van der Waals surface area contributed by atoms with Gasteiger partial charge in [0.2, 0.25) is 0 Å². The second-order valence-electron chi connectivity index (χ2n) is 5.12. The summed E-state index contributed by atoms with van der Waals surface area (Å²) in [5.74, 6) is 1.21. The Hall–Kier alpha value is -1.86. The van der Waals surface area contributed by atoms with Crippen LogP contribution in [0.1, 0.15) is 35.7 Å². The fourth-order valence-corrected chi connectivity index (χ4v) is 4.51. The number of rotatable bonds is 6. The van der Waals surface area contributed by atoms with E-state index in [0.717, 1.165) is 22.6 Å². The Labute approximate surface area is 141 Å². The Kier molecular flexibility index (Phi) is 4.97. The summed E-state index contributed by atoms with van der Waals surface area (Å²) < 4.78 is 18.0. The van der Waals surface area contributed by atoms with Gasteiger partial charge in [-0.1, -0.05) is 42.4 Å². The fourth-order valence-electron chi connectivity index (χ4n) is 2.38. The first-order valence-corrected chi connectivity index (χ1v) is 9.60. The summed E-state index contributed by atoms with van der Waals surface area (Å²) in [4.78, 5) is 9.40. The van der Waals surface area contributed by atoms with Crippen LogP contribution in [0, 0.1) is 6.92 Å². The van der Waals surface area contributed by atoms with Gasteiger partial charge in [-0.3, -0.25) is 4.21 Å². The second kappa shape index (κ2) is 7.14. The van der Waals surface area contributed by atoms with E-state index in [-0.39, 0.29) is 11.0 Å². The van der Waals surface area contributed by atoms with Gasteiger partial charge in [-0.25, -0.2) is 4.98 Å². The molecule has 120 valence electrons. The minimum atomic E-state index is -1.10. The Balaban J connectivity index is 1.75. The van der Waals surface area contributed by atoms with Gasteiger partial charge in [0, 0.05) is 10.8 Å². The van der Waals surface area contributed by atoms with Crippen LogP contribution >= 0.6 is 11.3 Å². The van der Waals surface area contributed by atoms with Crippen LogP contribution in [0.15, 0.2) is 40.4 Å². The van der Waals surface area contributed by atoms with Crippen LogP contribution in [0.5, 0.6) is 0 Å². The number of aryl methyl sites for hydroxylation is 1. The lowest BCUT2D eigenvalue weighted by Gasteiger charge is -2.13. The Morgan fingerprint density at radius 2 is 2.09 bits per heavy atom. The number of hydrogen-bond donors (Lipinski definition) is 0. The third kappa shape index (κ3) is 3.56. The van der Waals surface area contributed by atoms with Crippen LogP contribution in [0.2, 0.25) is 0 Å². The summed E-state index contributed by atoms with van der Waals surface area (Å²) in [5.41, 5.74) is 3.69. The normalized spacial score (nSPS) is 13.8. The standard InChI is InChI=1S/C16H17N3O2S2/c1-3-13(12-7-5-4-6-8-12)23(20)9-14-18-16(21-19-14)15-11(2)17-10-22-15/h4-8,10,13H,3,9H2,1-2H3. The lowest BCUT2D eigenvalue weighted by atomic mass is 10.1. The molecule has 3 aromatic rings. The molecule has 1 aromatic carbocycles. The lowest BCUT2D eigenvalue weighted by molar-refractivity contribution is 0.425. The van der Waals surface area contributed by atoms with Gasteiger partial charge in [0.05, 0.1) is 22.2 Å². The molecule has 7 heteroatoms. The molecule has 0 aliphatic carbocycles. The van der Waals surface area contributed by atoms with Gasteiger partial charge in [0.1, 0.15) is 4.88 Å². The van der Waals surface area contributed by atoms with Crippen molar-refractivity contribution in [3.8, 4) is 10.8 Å². The molecule has 0 N–H and O–H groups in total. The predicted molar refractivity (Wildman–Crippen MR) is 91.5 cm³/mol. The molecular weight excluding hydrogens is 330 g/mol. The van der Waals surface area contributed by atoms with Crippen LogP contribution in [0.4, 0.5) is 0 Å². The summed E-state index contributed by atoms with van der Waals surface area (Å²) in [6.45, 7) is 3.94. The number of aromatic nitrogens is 3. The van der Waals surface area contributed by atoms with E-state index >= 15 is 0 Å². The summed E-state index contributed by atoms with van der Waals surface area (Å²) in [6.07, 6.45) is 0.801. The molecule has 2 unspecified atom stereocenters. The average molecular weight is 347 g/mol. The van der Waals surface area contributed by atoms with Gasteiger partial charge in [0.15, 0.2) is 5.82 Å². The van der Waals surface area contributed by atoms with Crippen molar-refractivity contribution in [3.05, 3.63) is 52.9 Å². The maximum Gasteiger partial charge on any atom is 0.269 e. The largest absolute Gasteiger partial charge is 0.333 e. The summed E-state index contributed by atoms with van der Waals surface area (Å²) >= 11 is 1.46. The first-order valence-electron chi connectivity index (χ1n) is 7.34. The van der Waals surface area contributed by atoms with E-state index in [2.05, 4.69) is 15.1 Å². The molecular formula is C16H17N3O2S2. The third-order valence-corrected chi connectivity index (χ3v) is 6.24. The van der Waals surface area contributed by atoms with Crippen molar-refractivity contribution < 1.29 is 8.73 Å². The van der Waals surface area contributed by atoms with Crippen molar-refractivity contribution in [3.63, 3.8) is 0 Å². The highest BCUT2D eigenvalue weighted by Gasteiger charge is 2.20. The van der Waals surface area contributed by atoms with Crippen molar-refractivity contribution in [2.75, 3.05) is 0 Å². The van der Waals surface area contributed by atoms with Crippen molar-refractivity contribution >= 4 is 22.1 Å². The van der Waals surface area contributed by atoms with Gasteiger partial charge >= 0.3 is 0 Å². The highest BCUT2D eigenvalue weighted by Crippen LogP contribution is 2.27. The molecule has 2 aromatic heterocycles. The van der Waals surface area contributed by atoms with E-state index in [1.807, 2.05) is 44.2 Å². The summed E-state index contributed by atoms with van der Waals surface area (Å²) in [7, 11) is -1.10. The maximum absolute atomic E-state index is 12.7. The Bertz CT molecular complexity index is 799. The van der Waals surface area contributed by atoms with Crippen molar-refractivity contribution in [2.45, 2.75) is 31.3 Å². The molecule has 5 nitrogen and oxygen atoms in total. The van der Waals surface area contributed by atoms with Crippen molar-refractivity contribution in [2.24, 2.45) is 0 Å². The summed E-state index contributed by atoms with van der Waals surface area (Å²) in [6, 6.07) is 9.91. The molecule has 2 heterocycles.